The van der Waals surface area contributed by atoms with Crippen LogP contribution in [0.4, 0.5) is 0 Å². The van der Waals surface area contributed by atoms with E-state index < -0.39 is 10.0 Å². The lowest BCUT2D eigenvalue weighted by Gasteiger charge is -2.10. The Morgan fingerprint density at radius 3 is 2.50 bits per heavy atom. The van der Waals surface area contributed by atoms with Crippen molar-refractivity contribution < 1.29 is 18.3 Å². The number of aryl methyl sites for hydroxylation is 2. The molecular weight excluding hydrogens is 328 g/mol. The number of hydrogen-bond donors (Lipinski definition) is 3. The van der Waals surface area contributed by atoms with Crippen molar-refractivity contribution in [3.05, 3.63) is 59.2 Å². The third kappa shape index (κ3) is 4.56. The van der Waals surface area contributed by atoms with Crippen molar-refractivity contribution in [3.63, 3.8) is 0 Å². The summed E-state index contributed by atoms with van der Waals surface area (Å²) in [5.74, 6) is -0.380. The SMILES string of the molecule is Cc1ccc(S(=O)(=O)NCCNC(=O)c2cccc(O)c2)c(C)c1. The summed E-state index contributed by atoms with van der Waals surface area (Å²) in [6.07, 6.45) is 0. The Hall–Kier alpha value is -2.38. The van der Waals surface area contributed by atoms with Gasteiger partial charge in [0.2, 0.25) is 10.0 Å². The predicted octanol–water partition coefficient (Wildman–Crippen LogP) is 1.72. The number of benzene rings is 2. The van der Waals surface area contributed by atoms with Crippen molar-refractivity contribution in [1.29, 1.82) is 0 Å². The first kappa shape index (κ1) is 18.0. The van der Waals surface area contributed by atoms with Gasteiger partial charge in [-0.2, -0.15) is 0 Å². The number of rotatable bonds is 6. The van der Waals surface area contributed by atoms with E-state index in [-0.39, 0.29) is 29.6 Å². The molecule has 2 aromatic rings. The topological polar surface area (TPSA) is 95.5 Å². The van der Waals surface area contributed by atoms with E-state index in [0.717, 1.165) is 5.56 Å². The summed E-state index contributed by atoms with van der Waals surface area (Å²) in [7, 11) is -3.62. The number of hydrogen-bond acceptors (Lipinski definition) is 4. The fourth-order valence-electron chi connectivity index (χ4n) is 2.29. The van der Waals surface area contributed by atoms with Gasteiger partial charge in [-0.05, 0) is 43.7 Å². The molecule has 0 saturated carbocycles. The number of phenolic OH excluding ortho intramolecular Hbond substituents is 1. The Balaban J connectivity index is 1.90. The van der Waals surface area contributed by atoms with Crippen LogP contribution in [0.3, 0.4) is 0 Å². The first-order valence-electron chi connectivity index (χ1n) is 7.44. The summed E-state index contributed by atoms with van der Waals surface area (Å²) < 4.78 is 27.0. The van der Waals surface area contributed by atoms with E-state index in [0.29, 0.717) is 11.1 Å². The van der Waals surface area contributed by atoms with Crippen LogP contribution in [0.25, 0.3) is 0 Å². The average Bonchev–Trinajstić information content (AvgIpc) is 2.51. The molecule has 0 unspecified atom stereocenters. The van der Waals surface area contributed by atoms with E-state index in [1.165, 1.54) is 12.1 Å². The van der Waals surface area contributed by atoms with Gasteiger partial charge in [0.15, 0.2) is 0 Å². The highest BCUT2D eigenvalue weighted by molar-refractivity contribution is 7.89. The van der Waals surface area contributed by atoms with Crippen molar-refractivity contribution >= 4 is 15.9 Å². The zero-order chi connectivity index (χ0) is 17.7. The minimum atomic E-state index is -3.62. The standard InChI is InChI=1S/C17H20N2O4S/c1-12-6-7-16(13(2)10-12)24(22,23)19-9-8-18-17(21)14-4-3-5-15(20)11-14/h3-7,10-11,19-20H,8-9H2,1-2H3,(H,18,21). The van der Waals surface area contributed by atoms with Crippen molar-refractivity contribution in [2.45, 2.75) is 18.7 Å². The fourth-order valence-corrected chi connectivity index (χ4v) is 3.55. The molecule has 2 rings (SSSR count). The van der Waals surface area contributed by atoms with Gasteiger partial charge < -0.3 is 10.4 Å². The van der Waals surface area contributed by atoms with Crippen LogP contribution in [0.1, 0.15) is 21.5 Å². The molecule has 0 bridgehead atoms. The molecule has 2 aromatic carbocycles. The zero-order valence-electron chi connectivity index (χ0n) is 13.5. The Morgan fingerprint density at radius 1 is 1.08 bits per heavy atom. The highest BCUT2D eigenvalue weighted by atomic mass is 32.2. The van der Waals surface area contributed by atoms with E-state index >= 15 is 0 Å². The minimum absolute atomic E-state index is 0.00167. The second-order valence-corrected chi connectivity index (χ2v) is 7.21. The van der Waals surface area contributed by atoms with Gasteiger partial charge in [-0.1, -0.05) is 23.8 Å². The molecular formula is C17H20N2O4S. The second kappa shape index (κ2) is 7.46. The molecule has 0 aliphatic heterocycles. The summed E-state index contributed by atoms with van der Waals surface area (Å²) in [4.78, 5) is 12.1. The fraction of sp³-hybridized carbons (Fsp3) is 0.235. The Bertz CT molecular complexity index is 847. The van der Waals surface area contributed by atoms with Gasteiger partial charge in [-0.15, -0.1) is 0 Å². The van der Waals surface area contributed by atoms with E-state index in [1.54, 1.807) is 37.3 Å². The van der Waals surface area contributed by atoms with Crippen LogP contribution in [0.15, 0.2) is 47.4 Å². The van der Waals surface area contributed by atoms with Crippen LogP contribution in [-0.2, 0) is 10.0 Å². The molecule has 0 spiro atoms. The summed E-state index contributed by atoms with van der Waals surface area (Å²) in [6.45, 7) is 3.85. The highest BCUT2D eigenvalue weighted by Crippen LogP contribution is 2.16. The highest BCUT2D eigenvalue weighted by Gasteiger charge is 2.16. The molecule has 1 amide bonds. The van der Waals surface area contributed by atoms with Crippen molar-refractivity contribution in [3.8, 4) is 5.75 Å². The number of phenols is 1. The summed E-state index contributed by atoms with van der Waals surface area (Å²) in [6, 6.07) is 11.0. The summed E-state index contributed by atoms with van der Waals surface area (Å²) in [5, 5.41) is 11.9. The molecule has 0 radical (unpaired) electrons. The number of carbonyl (C=O) groups is 1. The molecule has 0 heterocycles. The van der Waals surface area contributed by atoms with Gasteiger partial charge >= 0.3 is 0 Å². The van der Waals surface area contributed by atoms with Crippen LogP contribution in [-0.4, -0.2) is 32.5 Å². The Labute approximate surface area is 141 Å². The van der Waals surface area contributed by atoms with Gasteiger partial charge in [0.05, 0.1) is 4.90 Å². The maximum Gasteiger partial charge on any atom is 0.251 e. The lowest BCUT2D eigenvalue weighted by molar-refractivity contribution is 0.0954. The molecule has 128 valence electrons. The van der Waals surface area contributed by atoms with Crippen molar-refractivity contribution in [2.75, 3.05) is 13.1 Å². The lowest BCUT2D eigenvalue weighted by atomic mass is 10.2. The number of sulfonamides is 1. The zero-order valence-corrected chi connectivity index (χ0v) is 14.4. The van der Waals surface area contributed by atoms with Gasteiger partial charge in [0.1, 0.15) is 5.75 Å². The van der Waals surface area contributed by atoms with Gasteiger partial charge in [0, 0.05) is 18.7 Å². The Morgan fingerprint density at radius 2 is 1.83 bits per heavy atom. The molecule has 0 aromatic heterocycles. The van der Waals surface area contributed by atoms with Crippen LogP contribution in [0.2, 0.25) is 0 Å². The molecule has 3 N–H and O–H groups in total. The van der Waals surface area contributed by atoms with E-state index in [4.69, 9.17) is 0 Å². The number of amides is 1. The number of carbonyl (C=O) groups excluding carboxylic acids is 1. The second-order valence-electron chi connectivity index (χ2n) is 5.47. The van der Waals surface area contributed by atoms with E-state index in [9.17, 15) is 18.3 Å². The third-order valence-electron chi connectivity index (χ3n) is 3.43. The summed E-state index contributed by atoms with van der Waals surface area (Å²) in [5.41, 5.74) is 1.98. The van der Waals surface area contributed by atoms with Crippen molar-refractivity contribution in [2.24, 2.45) is 0 Å². The number of aromatic hydroxyl groups is 1. The maximum atomic E-state index is 12.3. The molecule has 0 saturated heterocycles. The van der Waals surface area contributed by atoms with Crippen molar-refractivity contribution in [1.82, 2.24) is 10.0 Å². The van der Waals surface area contributed by atoms with Crippen LogP contribution in [0, 0.1) is 13.8 Å². The molecule has 0 aliphatic carbocycles. The van der Waals surface area contributed by atoms with Gasteiger partial charge in [-0.3, -0.25) is 4.79 Å². The molecule has 7 heteroatoms. The number of nitrogens with one attached hydrogen (secondary N) is 2. The first-order valence-corrected chi connectivity index (χ1v) is 8.92. The monoisotopic (exact) mass is 348 g/mol. The maximum absolute atomic E-state index is 12.3. The predicted molar refractivity (Wildman–Crippen MR) is 91.5 cm³/mol. The van der Waals surface area contributed by atoms with Gasteiger partial charge in [0.25, 0.3) is 5.91 Å². The Kier molecular flexibility index (Phi) is 5.58. The van der Waals surface area contributed by atoms with E-state index in [2.05, 4.69) is 10.0 Å². The average molecular weight is 348 g/mol. The van der Waals surface area contributed by atoms with Crippen LogP contribution >= 0.6 is 0 Å². The molecule has 6 nitrogen and oxygen atoms in total. The quantitative estimate of drug-likeness (QED) is 0.693. The molecule has 0 atom stereocenters. The van der Waals surface area contributed by atoms with E-state index in [1.807, 2.05) is 6.92 Å². The molecule has 0 fully saturated rings. The minimum Gasteiger partial charge on any atom is -0.508 e. The molecule has 0 aliphatic rings. The van der Waals surface area contributed by atoms with Gasteiger partial charge in [-0.25, -0.2) is 13.1 Å². The normalized spacial score (nSPS) is 11.2. The van der Waals surface area contributed by atoms with Crippen LogP contribution in [0.5, 0.6) is 5.75 Å². The lowest BCUT2D eigenvalue weighted by Crippen LogP contribution is -2.34. The summed E-state index contributed by atoms with van der Waals surface area (Å²) >= 11 is 0. The molecule has 24 heavy (non-hydrogen) atoms. The smallest absolute Gasteiger partial charge is 0.251 e. The first-order chi connectivity index (χ1) is 11.3. The van der Waals surface area contributed by atoms with Crippen LogP contribution < -0.4 is 10.0 Å². The third-order valence-corrected chi connectivity index (χ3v) is 5.05. The largest absolute Gasteiger partial charge is 0.508 e.